The number of carbonyl (C=O) groups is 1. The van der Waals surface area contributed by atoms with Crippen LogP contribution in [0.2, 0.25) is 0 Å². The molecule has 1 saturated heterocycles. The van der Waals surface area contributed by atoms with Gasteiger partial charge >= 0.3 is 5.97 Å². The molecule has 0 unspecified atom stereocenters. The van der Waals surface area contributed by atoms with Gasteiger partial charge in [0.15, 0.2) is 0 Å². The van der Waals surface area contributed by atoms with Crippen LogP contribution in [0.5, 0.6) is 0 Å². The van der Waals surface area contributed by atoms with E-state index in [2.05, 4.69) is 15.2 Å². The van der Waals surface area contributed by atoms with Crippen LogP contribution in [0.15, 0.2) is 24.3 Å². The minimum absolute atomic E-state index is 0.230. The highest BCUT2D eigenvalue weighted by Crippen LogP contribution is 2.37. The molecule has 0 aliphatic carbocycles. The van der Waals surface area contributed by atoms with Crippen molar-refractivity contribution < 1.29 is 13.9 Å². The van der Waals surface area contributed by atoms with Crippen LogP contribution in [-0.2, 0) is 4.74 Å². The molecule has 0 saturated carbocycles. The number of anilines is 2. The van der Waals surface area contributed by atoms with Gasteiger partial charge in [-0.3, -0.25) is 0 Å². The molecule has 1 N–H and O–H groups in total. The molecule has 8 heteroatoms. The third kappa shape index (κ3) is 4.09. The molecule has 0 amide bonds. The minimum Gasteiger partial charge on any atom is -0.462 e. The molecule has 0 radical (unpaired) electrons. The Morgan fingerprint density at radius 3 is 2.60 bits per heavy atom. The van der Waals surface area contributed by atoms with Crippen LogP contribution < -0.4 is 10.2 Å². The molecule has 1 fully saturated rings. The van der Waals surface area contributed by atoms with Crippen molar-refractivity contribution >= 4 is 39.0 Å². The second-order valence-corrected chi connectivity index (χ2v) is 8.46. The molecular weight excluding hydrogens is 403 g/mol. The third-order valence-corrected chi connectivity index (χ3v) is 6.52. The fourth-order valence-electron chi connectivity index (χ4n) is 3.86. The van der Waals surface area contributed by atoms with Gasteiger partial charge in [0.2, 0.25) is 0 Å². The molecule has 3 heterocycles. The zero-order chi connectivity index (χ0) is 21.3. The minimum atomic E-state index is -0.302. The molecule has 1 aliphatic rings. The lowest BCUT2D eigenvalue weighted by molar-refractivity contribution is 0.0531. The smallest absolute Gasteiger partial charge is 0.348 e. The number of ether oxygens (including phenoxy) is 1. The summed E-state index contributed by atoms with van der Waals surface area (Å²) in [4.78, 5) is 25.3. The Morgan fingerprint density at radius 1 is 1.23 bits per heavy atom. The van der Waals surface area contributed by atoms with E-state index in [1.165, 1.54) is 23.5 Å². The van der Waals surface area contributed by atoms with Crippen LogP contribution in [0.4, 0.5) is 15.9 Å². The lowest BCUT2D eigenvalue weighted by atomic mass is 10.0. The molecule has 1 aliphatic heterocycles. The molecule has 30 heavy (non-hydrogen) atoms. The van der Waals surface area contributed by atoms with Gasteiger partial charge in [-0.05, 0) is 63.4 Å². The fraction of sp³-hybridized carbons (Fsp3) is 0.409. The number of aryl methyl sites for hydroxylation is 2. The number of hydrogen-bond acceptors (Lipinski definition) is 7. The average molecular weight is 429 g/mol. The van der Waals surface area contributed by atoms with Gasteiger partial charge in [-0.25, -0.2) is 19.2 Å². The number of nitrogens with zero attached hydrogens (tertiary/aromatic N) is 3. The van der Waals surface area contributed by atoms with Crippen LogP contribution in [0.3, 0.4) is 0 Å². The monoisotopic (exact) mass is 428 g/mol. The number of thiophene rings is 1. The summed E-state index contributed by atoms with van der Waals surface area (Å²) < 4.78 is 18.3. The van der Waals surface area contributed by atoms with Crippen LogP contribution in [0.25, 0.3) is 10.2 Å². The van der Waals surface area contributed by atoms with E-state index in [0.29, 0.717) is 23.4 Å². The number of rotatable bonds is 5. The number of halogens is 1. The van der Waals surface area contributed by atoms with E-state index < -0.39 is 0 Å². The van der Waals surface area contributed by atoms with Crippen molar-refractivity contribution in [2.24, 2.45) is 0 Å². The van der Waals surface area contributed by atoms with E-state index in [-0.39, 0.29) is 11.8 Å². The summed E-state index contributed by atoms with van der Waals surface area (Å²) >= 11 is 1.37. The number of benzene rings is 1. The van der Waals surface area contributed by atoms with Crippen molar-refractivity contribution in [1.82, 2.24) is 9.97 Å². The summed E-state index contributed by atoms with van der Waals surface area (Å²) in [6.07, 6.45) is 1.88. The van der Waals surface area contributed by atoms with Gasteiger partial charge in [0, 0.05) is 24.8 Å². The number of aromatic nitrogens is 2. The normalized spacial score (nSPS) is 14.9. The number of carbonyl (C=O) groups excluding carboxylic acids is 1. The van der Waals surface area contributed by atoms with E-state index in [4.69, 9.17) is 9.72 Å². The molecule has 3 aromatic rings. The van der Waals surface area contributed by atoms with Crippen molar-refractivity contribution in [3.05, 3.63) is 46.3 Å². The number of piperidine rings is 1. The molecule has 4 rings (SSSR count). The van der Waals surface area contributed by atoms with Crippen molar-refractivity contribution in [2.75, 3.05) is 29.9 Å². The standard InChI is InChI=1S/C22H25FN4O2S/c1-4-29-22(28)19-13(2)18-20(24-14(3)25-21(18)30-19)27-11-9-17(10-12-27)26-16-7-5-15(23)6-8-16/h5-8,17,26H,4,9-12H2,1-3H3. The Bertz CT molecular complexity index is 1060. The van der Waals surface area contributed by atoms with Gasteiger partial charge < -0.3 is 15.0 Å². The van der Waals surface area contributed by atoms with Gasteiger partial charge in [0.1, 0.15) is 27.2 Å². The summed E-state index contributed by atoms with van der Waals surface area (Å²) in [6, 6.07) is 6.80. The van der Waals surface area contributed by atoms with Gasteiger partial charge in [-0.2, -0.15) is 0 Å². The van der Waals surface area contributed by atoms with Crippen molar-refractivity contribution in [1.29, 1.82) is 0 Å². The third-order valence-electron chi connectivity index (χ3n) is 5.35. The summed E-state index contributed by atoms with van der Waals surface area (Å²) in [7, 11) is 0. The highest BCUT2D eigenvalue weighted by molar-refractivity contribution is 7.20. The number of esters is 1. The zero-order valence-electron chi connectivity index (χ0n) is 17.4. The first-order valence-electron chi connectivity index (χ1n) is 10.2. The van der Waals surface area contributed by atoms with Crippen LogP contribution in [0, 0.1) is 19.7 Å². The SMILES string of the molecule is CCOC(=O)c1sc2nc(C)nc(N3CCC(Nc4ccc(F)cc4)CC3)c2c1C. The Kier molecular flexibility index (Phi) is 5.85. The fourth-order valence-corrected chi connectivity index (χ4v) is 4.97. The molecular formula is C22H25FN4O2S. The van der Waals surface area contributed by atoms with E-state index >= 15 is 0 Å². The maximum Gasteiger partial charge on any atom is 0.348 e. The van der Waals surface area contributed by atoms with E-state index in [9.17, 15) is 9.18 Å². The first-order valence-corrected chi connectivity index (χ1v) is 11.0. The molecule has 1 aromatic carbocycles. The summed E-state index contributed by atoms with van der Waals surface area (Å²) in [5, 5.41) is 4.43. The molecule has 0 bridgehead atoms. The number of nitrogens with one attached hydrogen (secondary N) is 1. The van der Waals surface area contributed by atoms with Gasteiger partial charge in [0.25, 0.3) is 0 Å². The van der Waals surface area contributed by atoms with Gasteiger partial charge in [-0.15, -0.1) is 11.3 Å². The number of fused-ring (bicyclic) bond motifs is 1. The molecule has 0 atom stereocenters. The van der Waals surface area contributed by atoms with E-state index in [1.54, 1.807) is 19.1 Å². The highest BCUT2D eigenvalue weighted by Gasteiger charge is 2.26. The Balaban J connectivity index is 1.55. The topological polar surface area (TPSA) is 67.3 Å². The largest absolute Gasteiger partial charge is 0.462 e. The first kappa shape index (κ1) is 20.5. The highest BCUT2D eigenvalue weighted by atomic mass is 32.1. The average Bonchev–Trinajstić information content (AvgIpc) is 3.06. The van der Waals surface area contributed by atoms with Gasteiger partial charge in [-0.1, -0.05) is 0 Å². The molecule has 158 valence electrons. The predicted molar refractivity (Wildman–Crippen MR) is 118 cm³/mol. The molecule has 0 spiro atoms. The van der Waals surface area contributed by atoms with E-state index in [0.717, 1.165) is 53.2 Å². The van der Waals surface area contributed by atoms with E-state index in [1.807, 2.05) is 13.8 Å². The zero-order valence-corrected chi connectivity index (χ0v) is 18.2. The number of hydrogen-bond donors (Lipinski definition) is 1. The lowest BCUT2D eigenvalue weighted by Gasteiger charge is -2.34. The van der Waals surface area contributed by atoms with Crippen molar-refractivity contribution in [3.8, 4) is 0 Å². The maximum atomic E-state index is 13.1. The second-order valence-electron chi connectivity index (χ2n) is 7.46. The molecule has 6 nitrogen and oxygen atoms in total. The van der Waals surface area contributed by atoms with Crippen LogP contribution in [-0.4, -0.2) is 41.7 Å². The van der Waals surface area contributed by atoms with Crippen LogP contribution in [0.1, 0.15) is 40.8 Å². The first-order chi connectivity index (χ1) is 14.5. The van der Waals surface area contributed by atoms with Crippen molar-refractivity contribution in [2.45, 2.75) is 39.7 Å². The Labute approximate surface area is 179 Å². The Hall–Kier alpha value is -2.74. The van der Waals surface area contributed by atoms with Crippen molar-refractivity contribution in [3.63, 3.8) is 0 Å². The second kappa shape index (κ2) is 8.55. The maximum absolute atomic E-state index is 13.1. The quantitative estimate of drug-likeness (QED) is 0.594. The van der Waals surface area contributed by atoms with Crippen LogP contribution >= 0.6 is 11.3 Å². The molecule has 2 aromatic heterocycles. The summed E-state index contributed by atoms with van der Waals surface area (Å²) in [6.45, 7) is 7.66. The predicted octanol–water partition coefficient (Wildman–Crippen LogP) is 4.70. The lowest BCUT2D eigenvalue weighted by Crippen LogP contribution is -2.39. The summed E-state index contributed by atoms with van der Waals surface area (Å²) in [5.41, 5.74) is 1.82. The van der Waals surface area contributed by atoms with Gasteiger partial charge in [0.05, 0.1) is 12.0 Å². The summed E-state index contributed by atoms with van der Waals surface area (Å²) in [5.74, 6) is 1.05. The Morgan fingerprint density at radius 2 is 1.93 bits per heavy atom.